The first-order valence-corrected chi connectivity index (χ1v) is 7.06. The van der Waals surface area contributed by atoms with Crippen LogP contribution in [0.4, 0.5) is 4.79 Å². The minimum absolute atomic E-state index is 0.0974. The van der Waals surface area contributed by atoms with Crippen molar-refractivity contribution < 1.29 is 29.3 Å². The number of methoxy groups -OCH3 is 1. The van der Waals surface area contributed by atoms with E-state index in [0.717, 1.165) is 12.7 Å². The third-order valence-electron chi connectivity index (χ3n) is 2.84. The second kappa shape index (κ2) is 7.01. The Labute approximate surface area is 136 Å². The van der Waals surface area contributed by atoms with Gasteiger partial charge in [0, 0.05) is 0 Å². The van der Waals surface area contributed by atoms with E-state index in [4.69, 9.17) is 4.74 Å². The molecule has 2 N–H and O–H groups in total. The van der Waals surface area contributed by atoms with Gasteiger partial charge >= 0.3 is 12.1 Å². The third kappa shape index (κ3) is 5.92. The van der Waals surface area contributed by atoms with Gasteiger partial charge in [-0.3, -0.25) is 4.90 Å². The van der Waals surface area contributed by atoms with Gasteiger partial charge in [0.15, 0.2) is 0 Å². The standard InChI is InChI=1S/C15H22BNO6/c1-14(2,3)23-13(19)17(15(16,20)21)9-10-5-7-11(8-6-10)12(18)22-4/h5-8,20-21H,9,16H2,1-4H3. The molecule has 0 saturated carbocycles. The Morgan fingerprint density at radius 2 is 1.70 bits per heavy atom. The van der Waals surface area contributed by atoms with Crippen molar-refractivity contribution in [2.24, 2.45) is 0 Å². The van der Waals surface area contributed by atoms with Gasteiger partial charge in [-0.1, -0.05) is 12.1 Å². The molecule has 7 nitrogen and oxygen atoms in total. The maximum Gasteiger partial charge on any atom is 0.414 e. The van der Waals surface area contributed by atoms with Crippen LogP contribution in [-0.2, 0) is 16.0 Å². The zero-order valence-corrected chi connectivity index (χ0v) is 14.0. The highest BCUT2D eigenvalue weighted by Gasteiger charge is 2.34. The maximum atomic E-state index is 12.1. The Balaban J connectivity index is 2.94. The molecule has 0 bridgehead atoms. The van der Waals surface area contributed by atoms with Gasteiger partial charge in [0.2, 0.25) is 13.7 Å². The van der Waals surface area contributed by atoms with Crippen molar-refractivity contribution in [1.82, 2.24) is 4.90 Å². The monoisotopic (exact) mass is 323 g/mol. The van der Waals surface area contributed by atoms with E-state index in [1.54, 1.807) is 32.9 Å². The Morgan fingerprint density at radius 1 is 1.17 bits per heavy atom. The molecule has 0 aliphatic heterocycles. The van der Waals surface area contributed by atoms with E-state index >= 15 is 0 Å². The van der Waals surface area contributed by atoms with Crippen LogP contribution in [0.2, 0.25) is 0 Å². The maximum absolute atomic E-state index is 12.1. The predicted molar refractivity (Wildman–Crippen MR) is 85.3 cm³/mol. The first-order chi connectivity index (χ1) is 10.4. The molecule has 0 radical (unpaired) electrons. The SMILES string of the molecule is BC(O)(O)N(Cc1ccc(C(=O)OC)cc1)C(=O)OC(C)(C)C. The van der Waals surface area contributed by atoms with Crippen molar-refractivity contribution in [2.45, 2.75) is 38.7 Å². The van der Waals surface area contributed by atoms with Gasteiger partial charge in [0.1, 0.15) is 5.60 Å². The van der Waals surface area contributed by atoms with Crippen LogP contribution >= 0.6 is 0 Å². The number of rotatable bonds is 4. The van der Waals surface area contributed by atoms with E-state index in [0.29, 0.717) is 11.1 Å². The van der Waals surface area contributed by atoms with Crippen molar-refractivity contribution in [3.05, 3.63) is 35.4 Å². The number of carbonyl (C=O) groups is 2. The summed E-state index contributed by atoms with van der Waals surface area (Å²) >= 11 is 0. The van der Waals surface area contributed by atoms with Gasteiger partial charge in [-0.15, -0.1) is 0 Å². The van der Waals surface area contributed by atoms with Gasteiger partial charge in [0.05, 0.1) is 19.2 Å². The van der Waals surface area contributed by atoms with Crippen molar-refractivity contribution in [1.29, 1.82) is 0 Å². The molecule has 8 heteroatoms. The lowest BCUT2D eigenvalue weighted by molar-refractivity contribution is -0.190. The minimum Gasteiger partial charge on any atom is -0.465 e. The molecule has 0 aliphatic carbocycles. The topological polar surface area (TPSA) is 96.3 Å². The van der Waals surface area contributed by atoms with Gasteiger partial charge in [0.25, 0.3) is 0 Å². The molecular weight excluding hydrogens is 301 g/mol. The van der Waals surface area contributed by atoms with Crippen LogP contribution in [0.1, 0.15) is 36.7 Å². The summed E-state index contributed by atoms with van der Waals surface area (Å²) in [6.07, 6.45) is -0.859. The molecule has 0 unspecified atom stereocenters. The van der Waals surface area contributed by atoms with E-state index in [1.165, 1.54) is 19.2 Å². The third-order valence-corrected chi connectivity index (χ3v) is 2.84. The fourth-order valence-corrected chi connectivity index (χ4v) is 1.75. The lowest BCUT2D eigenvalue weighted by atomic mass is 10.0. The Kier molecular flexibility index (Phi) is 5.79. The average Bonchev–Trinajstić information content (AvgIpc) is 2.41. The molecule has 0 saturated heterocycles. The zero-order valence-electron chi connectivity index (χ0n) is 14.0. The molecule has 0 aliphatic rings. The van der Waals surface area contributed by atoms with Crippen LogP contribution in [0.3, 0.4) is 0 Å². The average molecular weight is 323 g/mol. The van der Waals surface area contributed by atoms with E-state index in [1.807, 2.05) is 0 Å². The van der Waals surface area contributed by atoms with E-state index < -0.39 is 23.5 Å². The summed E-state index contributed by atoms with van der Waals surface area (Å²) in [5, 5.41) is 19.6. The van der Waals surface area contributed by atoms with Gasteiger partial charge in [-0.05, 0) is 38.5 Å². The predicted octanol–water partition coefficient (Wildman–Crippen LogP) is 0.439. The van der Waals surface area contributed by atoms with Crippen LogP contribution in [0.15, 0.2) is 24.3 Å². The van der Waals surface area contributed by atoms with Gasteiger partial charge < -0.3 is 19.7 Å². The summed E-state index contributed by atoms with van der Waals surface area (Å²) in [6.45, 7) is 4.95. The second-order valence-electron chi connectivity index (χ2n) is 6.23. The fourth-order valence-electron chi connectivity index (χ4n) is 1.75. The highest BCUT2D eigenvalue weighted by Crippen LogP contribution is 2.17. The Hall–Kier alpha value is -2.06. The highest BCUT2D eigenvalue weighted by atomic mass is 16.6. The molecular formula is C15H22BNO6. The molecule has 23 heavy (non-hydrogen) atoms. The minimum atomic E-state index is -2.39. The number of esters is 1. The number of nitrogens with zero attached hydrogens (tertiary/aromatic N) is 1. The van der Waals surface area contributed by atoms with Crippen LogP contribution in [0, 0.1) is 0 Å². The summed E-state index contributed by atoms with van der Waals surface area (Å²) in [7, 11) is 2.35. The quantitative estimate of drug-likeness (QED) is 0.474. The summed E-state index contributed by atoms with van der Waals surface area (Å²) in [4.78, 5) is 24.3. The van der Waals surface area contributed by atoms with Gasteiger partial charge in [-0.25, -0.2) is 9.59 Å². The van der Waals surface area contributed by atoms with Crippen molar-refractivity contribution in [2.75, 3.05) is 7.11 Å². The summed E-state index contributed by atoms with van der Waals surface area (Å²) < 4.78 is 9.77. The molecule has 0 spiro atoms. The van der Waals surface area contributed by atoms with Crippen molar-refractivity contribution >= 4 is 19.9 Å². The largest absolute Gasteiger partial charge is 0.465 e. The smallest absolute Gasteiger partial charge is 0.414 e. The van der Waals surface area contributed by atoms with Crippen molar-refractivity contribution in [3.8, 4) is 0 Å². The number of aliphatic hydroxyl groups is 2. The Morgan fingerprint density at radius 3 is 2.09 bits per heavy atom. The summed E-state index contributed by atoms with van der Waals surface area (Å²) in [5.41, 5.74) is 0.184. The molecule has 1 amide bonds. The van der Waals surface area contributed by atoms with Crippen LogP contribution in [0.5, 0.6) is 0 Å². The number of carbonyl (C=O) groups excluding carboxylic acids is 2. The molecule has 1 aromatic rings. The number of hydrogen-bond acceptors (Lipinski definition) is 6. The molecule has 0 aromatic heterocycles. The first-order valence-electron chi connectivity index (χ1n) is 7.06. The second-order valence-corrected chi connectivity index (χ2v) is 6.23. The fraction of sp³-hybridized carbons (Fsp3) is 0.467. The van der Waals surface area contributed by atoms with E-state index in [2.05, 4.69) is 4.74 Å². The normalized spacial score (nSPS) is 11.7. The Bertz CT molecular complexity index is 559. The van der Waals surface area contributed by atoms with Crippen LogP contribution < -0.4 is 0 Å². The van der Waals surface area contributed by atoms with Crippen molar-refractivity contribution in [3.63, 3.8) is 0 Å². The molecule has 0 atom stereocenters. The molecule has 126 valence electrons. The molecule has 1 aromatic carbocycles. The molecule has 0 fully saturated rings. The zero-order chi connectivity index (χ0) is 17.8. The van der Waals surface area contributed by atoms with E-state index in [-0.39, 0.29) is 6.54 Å². The lowest BCUT2D eigenvalue weighted by Gasteiger charge is -2.34. The lowest BCUT2D eigenvalue weighted by Crippen LogP contribution is -2.53. The first kappa shape index (κ1) is 19.0. The summed E-state index contributed by atoms with van der Waals surface area (Å²) in [6, 6.07) is 6.24. The van der Waals surface area contributed by atoms with Crippen LogP contribution in [-0.4, -0.2) is 53.5 Å². The number of hydrogen-bond donors (Lipinski definition) is 2. The number of benzene rings is 1. The van der Waals surface area contributed by atoms with E-state index in [9.17, 15) is 19.8 Å². The molecule has 1 rings (SSSR count). The number of amides is 1. The molecule has 0 heterocycles. The van der Waals surface area contributed by atoms with Crippen LogP contribution in [0.25, 0.3) is 0 Å². The summed E-state index contributed by atoms with van der Waals surface area (Å²) in [5.74, 6) is -2.86. The highest BCUT2D eigenvalue weighted by molar-refractivity contribution is 6.13. The number of ether oxygens (including phenoxy) is 2. The van der Waals surface area contributed by atoms with Gasteiger partial charge in [-0.2, -0.15) is 0 Å².